The van der Waals surface area contributed by atoms with E-state index >= 15 is 0 Å². The molecule has 2 N–H and O–H groups in total. The number of aromatic nitrogens is 1. The molecule has 0 aliphatic heterocycles. The molecular weight excluding hydrogens is 219 g/mol. The van der Waals surface area contributed by atoms with Crippen molar-refractivity contribution in [3.05, 3.63) is 17.3 Å². The van der Waals surface area contributed by atoms with Crippen LogP contribution in [0.2, 0.25) is 5.02 Å². The summed E-state index contributed by atoms with van der Waals surface area (Å²) in [5.74, 6) is 0.526. The van der Waals surface area contributed by atoms with Gasteiger partial charge >= 0.3 is 29.6 Å². The molecule has 6 heteroatoms. The first-order valence-electron chi connectivity index (χ1n) is 3.42. The standard InChI is InChI=1S/C7H9ClN2OS.Na/c8-6-5(12)1-2-9-7(6)10-3-4-11;/h1-2,11H,3-4H2,(H2,9,10,12);/q;+1/p-1. The molecule has 1 aromatic heterocycles. The third-order valence-corrected chi connectivity index (χ3v) is 2.09. The first kappa shape index (κ1) is 13.4. The molecule has 0 aliphatic carbocycles. The van der Waals surface area contributed by atoms with Crippen LogP contribution >= 0.6 is 11.6 Å². The van der Waals surface area contributed by atoms with Crippen molar-refractivity contribution in [1.29, 1.82) is 0 Å². The van der Waals surface area contributed by atoms with Crippen molar-refractivity contribution in [2.24, 2.45) is 0 Å². The largest absolute Gasteiger partial charge is 1.00 e. The topological polar surface area (TPSA) is 45.1 Å². The number of pyridine rings is 1. The van der Waals surface area contributed by atoms with Crippen LogP contribution in [-0.4, -0.2) is 23.2 Å². The first-order chi connectivity index (χ1) is 5.75. The van der Waals surface area contributed by atoms with E-state index in [1.54, 1.807) is 12.3 Å². The number of halogens is 1. The summed E-state index contributed by atoms with van der Waals surface area (Å²) < 4.78 is 0. The zero-order chi connectivity index (χ0) is 8.97. The van der Waals surface area contributed by atoms with Gasteiger partial charge in [0.25, 0.3) is 0 Å². The van der Waals surface area contributed by atoms with Gasteiger partial charge in [-0.1, -0.05) is 17.7 Å². The molecule has 3 nitrogen and oxygen atoms in total. The van der Waals surface area contributed by atoms with Crippen molar-refractivity contribution in [2.75, 3.05) is 18.5 Å². The van der Waals surface area contributed by atoms with Gasteiger partial charge < -0.3 is 23.1 Å². The van der Waals surface area contributed by atoms with Crippen LogP contribution in [0.25, 0.3) is 0 Å². The SMILES string of the molecule is OCCNc1nccc([S-])c1Cl.[Na+]. The minimum atomic E-state index is 0. The van der Waals surface area contributed by atoms with Crippen LogP contribution in [0.1, 0.15) is 0 Å². The van der Waals surface area contributed by atoms with Crippen molar-refractivity contribution >= 4 is 30.0 Å². The van der Waals surface area contributed by atoms with Gasteiger partial charge in [-0.2, -0.15) is 4.90 Å². The quantitative estimate of drug-likeness (QED) is 0.465. The van der Waals surface area contributed by atoms with E-state index < -0.39 is 0 Å². The molecule has 0 radical (unpaired) electrons. The molecule has 0 unspecified atom stereocenters. The molecule has 0 spiro atoms. The maximum atomic E-state index is 8.53. The van der Waals surface area contributed by atoms with Crippen molar-refractivity contribution in [3.63, 3.8) is 0 Å². The fraction of sp³-hybridized carbons (Fsp3) is 0.286. The number of aliphatic hydroxyl groups is 1. The molecule has 0 aliphatic rings. The minimum absolute atomic E-state index is 0. The zero-order valence-corrected chi connectivity index (χ0v) is 10.8. The Bertz CT molecular complexity index is 275. The van der Waals surface area contributed by atoms with Crippen molar-refractivity contribution in [3.8, 4) is 0 Å². The molecule has 1 rings (SSSR count). The van der Waals surface area contributed by atoms with E-state index in [1.165, 1.54) is 0 Å². The predicted octanol–water partition coefficient (Wildman–Crippen LogP) is -1.95. The number of nitrogens with zero attached hydrogens (tertiary/aromatic N) is 1. The van der Waals surface area contributed by atoms with E-state index in [4.69, 9.17) is 29.3 Å². The van der Waals surface area contributed by atoms with Gasteiger partial charge in [-0.05, 0) is 0 Å². The van der Waals surface area contributed by atoms with Crippen molar-refractivity contribution in [2.45, 2.75) is 4.90 Å². The fourth-order valence-corrected chi connectivity index (χ4v) is 1.06. The Morgan fingerprint density at radius 2 is 2.31 bits per heavy atom. The van der Waals surface area contributed by atoms with Gasteiger partial charge in [0.2, 0.25) is 0 Å². The minimum Gasteiger partial charge on any atom is -0.778 e. The van der Waals surface area contributed by atoms with E-state index in [2.05, 4.69) is 10.3 Å². The molecule has 0 aromatic carbocycles. The number of anilines is 1. The second-order valence-electron chi connectivity index (χ2n) is 2.12. The second-order valence-corrected chi connectivity index (χ2v) is 2.94. The molecule has 0 amide bonds. The third-order valence-electron chi connectivity index (χ3n) is 1.26. The molecule has 1 heterocycles. The van der Waals surface area contributed by atoms with Crippen LogP contribution in [-0.2, 0) is 12.6 Å². The summed E-state index contributed by atoms with van der Waals surface area (Å²) in [6.45, 7) is 0.463. The van der Waals surface area contributed by atoms with Gasteiger partial charge in [0, 0.05) is 12.7 Å². The van der Waals surface area contributed by atoms with Crippen LogP contribution in [0.15, 0.2) is 17.2 Å². The van der Waals surface area contributed by atoms with Gasteiger partial charge in [0.1, 0.15) is 5.82 Å². The van der Waals surface area contributed by atoms with Gasteiger partial charge in [0.15, 0.2) is 0 Å². The summed E-state index contributed by atoms with van der Waals surface area (Å²) in [5, 5.41) is 11.8. The van der Waals surface area contributed by atoms with Crippen LogP contribution in [0.3, 0.4) is 0 Å². The first-order valence-corrected chi connectivity index (χ1v) is 4.20. The van der Waals surface area contributed by atoms with E-state index in [0.717, 1.165) is 0 Å². The van der Waals surface area contributed by atoms with Gasteiger partial charge in [-0.25, -0.2) is 4.98 Å². The molecule has 0 fully saturated rings. The van der Waals surface area contributed by atoms with Crippen LogP contribution in [0, 0.1) is 0 Å². The average molecular weight is 227 g/mol. The summed E-state index contributed by atoms with van der Waals surface area (Å²) in [6.07, 6.45) is 1.58. The molecule has 0 atom stereocenters. The van der Waals surface area contributed by atoms with Crippen molar-refractivity contribution in [1.82, 2.24) is 4.98 Å². The van der Waals surface area contributed by atoms with Crippen LogP contribution < -0.4 is 34.9 Å². The number of nitrogens with one attached hydrogen (secondary N) is 1. The van der Waals surface area contributed by atoms with Gasteiger partial charge in [-0.15, -0.1) is 0 Å². The van der Waals surface area contributed by atoms with E-state index in [-0.39, 0.29) is 36.2 Å². The Kier molecular flexibility index (Phi) is 7.03. The number of aliphatic hydroxyl groups excluding tert-OH is 1. The fourth-order valence-electron chi connectivity index (χ4n) is 0.724. The summed E-state index contributed by atoms with van der Waals surface area (Å²) in [7, 11) is 0. The average Bonchev–Trinajstić information content (AvgIpc) is 2.08. The summed E-state index contributed by atoms with van der Waals surface area (Å²) in [4.78, 5) is 4.52. The Hall–Kier alpha value is 0.420. The molecule has 66 valence electrons. The number of hydrogen-bond acceptors (Lipinski definition) is 4. The number of hydrogen-bond donors (Lipinski definition) is 2. The zero-order valence-electron chi connectivity index (χ0n) is 7.25. The maximum absolute atomic E-state index is 8.53. The smallest absolute Gasteiger partial charge is 0.778 e. The maximum Gasteiger partial charge on any atom is 1.00 e. The Morgan fingerprint density at radius 3 is 2.92 bits per heavy atom. The third kappa shape index (κ3) is 3.97. The molecule has 1 aromatic rings. The van der Waals surface area contributed by atoms with Gasteiger partial charge in [-0.3, -0.25) is 0 Å². The van der Waals surface area contributed by atoms with Crippen LogP contribution in [0.5, 0.6) is 0 Å². The molecule has 0 saturated carbocycles. The molecule has 0 saturated heterocycles. The predicted molar refractivity (Wildman–Crippen MR) is 50.5 cm³/mol. The monoisotopic (exact) mass is 226 g/mol. The van der Waals surface area contributed by atoms with Crippen molar-refractivity contribution < 1.29 is 34.7 Å². The number of rotatable bonds is 3. The normalized spacial score (nSPS) is 9.08. The molecule has 0 bridgehead atoms. The van der Waals surface area contributed by atoms with Crippen LogP contribution in [0.4, 0.5) is 5.82 Å². The Balaban J connectivity index is 0.00000144. The summed E-state index contributed by atoms with van der Waals surface area (Å²) in [6, 6.07) is 1.65. The van der Waals surface area contributed by atoms with Gasteiger partial charge in [0.05, 0.1) is 11.6 Å². The summed E-state index contributed by atoms with van der Waals surface area (Å²) >= 11 is 10.7. The summed E-state index contributed by atoms with van der Waals surface area (Å²) in [5.41, 5.74) is 0. The Morgan fingerprint density at radius 1 is 1.62 bits per heavy atom. The molecule has 13 heavy (non-hydrogen) atoms. The second kappa shape index (κ2) is 6.81. The molecular formula is C7H8ClN2NaOS. The van der Waals surface area contributed by atoms with E-state index in [0.29, 0.717) is 22.3 Å². The van der Waals surface area contributed by atoms with E-state index in [9.17, 15) is 0 Å². The Labute approximate surface area is 110 Å². The van der Waals surface area contributed by atoms with E-state index in [1.807, 2.05) is 0 Å².